The van der Waals surface area contributed by atoms with Crippen molar-refractivity contribution in [1.29, 1.82) is 5.26 Å². The molecule has 0 unspecified atom stereocenters. The van der Waals surface area contributed by atoms with Crippen molar-refractivity contribution in [2.24, 2.45) is 0 Å². The zero-order chi connectivity index (χ0) is 11.4. The Hall–Kier alpha value is -2.34. The molecule has 0 aromatic heterocycles. The number of rotatable bonds is 2. The number of nitriles is 1. The fourth-order valence-electron chi connectivity index (χ4n) is 1.25. The summed E-state index contributed by atoms with van der Waals surface area (Å²) in [5.41, 5.74) is 0.0591. The molecule has 0 bridgehead atoms. The van der Waals surface area contributed by atoms with E-state index >= 15 is 0 Å². The van der Waals surface area contributed by atoms with Crippen molar-refractivity contribution < 1.29 is 9.13 Å². The largest absolute Gasteiger partial charge is 0.453 e. The van der Waals surface area contributed by atoms with E-state index in [9.17, 15) is 4.39 Å². The molecule has 3 heteroatoms. The molecule has 2 aromatic rings. The van der Waals surface area contributed by atoms with Crippen LogP contribution in [-0.2, 0) is 0 Å². The first-order valence-corrected chi connectivity index (χ1v) is 4.64. The average Bonchev–Trinajstić information content (AvgIpc) is 2.33. The van der Waals surface area contributed by atoms with E-state index in [4.69, 9.17) is 10.00 Å². The minimum atomic E-state index is -0.570. The maximum Gasteiger partial charge on any atom is 0.181 e. The molecule has 0 saturated carbocycles. The van der Waals surface area contributed by atoms with Gasteiger partial charge in [0.05, 0.1) is 0 Å². The SMILES string of the molecule is N#Cc1[c]ccc(F)c1Oc1ccccc1. The lowest BCUT2D eigenvalue weighted by molar-refractivity contribution is 0.440. The van der Waals surface area contributed by atoms with Crippen LogP contribution in [0.15, 0.2) is 42.5 Å². The van der Waals surface area contributed by atoms with Crippen LogP contribution in [0, 0.1) is 23.2 Å². The van der Waals surface area contributed by atoms with Gasteiger partial charge < -0.3 is 4.74 Å². The number of hydrogen-bond acceptors (Lipinski definition) is 2. The first-order valence-electron chi connectivity index (χ1n) is 4.64. The monoisotopic (exact) mass is 212 g/mol. The van der Waals surface area contributed by atoms with Crippen molar-refractivity contribution in [2.75, 3.05) is 0 Å². The van der Waals surface area contributed by atoms with Crippen molar-refractivity contribution in [3.05, 3.63) is 59.9 Å². The number of ether oxygens (including phenoxy) is 1. The van der Waals surface area contributed by atoms with Gasteiger partial charge in [-0.15, -0.1) is 0 Å². The Morgan fingerprint density at radius 2 is 1.94 bits per heavy atom. The first-order chi connectivity index (χ1) is 7.81. The van der Waals surface area contributed by atoms with Gasteiger partial charge in [-0.25, -0.2) is 4.39 Å². The maximum absolute atomic E-state index is 13.4. The molecule has 0 aliphatic carbocycles. The van der Waals surface area contributed by atoms with Crippen LogP contribution >= 0.6 is 0 Å². The summed E-state index contributed by atoms with van der Waals surface area (Å²) in [6.45, 7) is 0. The van der Waals surface area contributed by atoms with E-state index in [-0.39, 0.29) is 11.3 Å². The number of halogens is 1. The van der Waals surface area contributed by atoms with Crippen molar-refractivity contribution in [3.63, 3.8) is 0 Å². The quantitative estimate of drug-likeness (QED) is 0.765. The summed E-state index contributed by atoms with van der Waals surface area (Å²) >= 11 is 0. The normalized spacial score (nSPS) is 9.50. The topological polar surface area (TPSA) is 33.0 Å². The molecule has 1 radical (unpaired) electrons. The summed E-state index contributed by atoms with van der Waals surface area (Å²) in [6.07, 6.45) is 0. The molecular weight excluding hydrogens is 205 g/mol. The second-order valence-electron chi connectivity index (χ2n) is 3.06. The van der Waals surface area contributed by atoms with E-state index in [1.807, 2.05) is 12.1 Å². The maximum atomic E-state index is 13.4. The first kappa shape index (κ1) is 10.2. The number of nitrogens with zero attached hydrogens (tertiary/aromatic N) is 1. The third kappa shape index (κ3) is 2.01. The fourth-order valence-corrected chi connectivity index (χ4v) is 1.25. The van der Waals surface area contributed by atoms with E-state index < -0.39 is 5.82 Å². The lowest BCUT2D eigenvalue weighted by Gasteiger charge is -2.07. The molecule has 0 amide bonds. The Morgan fingerprint density at radius 1 is 1.19 bits per heavy atom. The minimum absolute atomic E-state index is 0.0591. The van der Waals surface area contributed by atoms with Crippen LogP contribution in [0.3, 0.4) is 0 Å². The molecule has 0 aliphatic heterocycles. The van der Waals surface area contributed by atoms with Gasteiger partial charge in [0.25, 0.3) is 0 Å². The van der Waals surface area contributed by atoms with Crippen LogP contribution < -0.4 is 4.74 Å². The molecule has 0 atom stereocenters. The second-order valence-corrected chi connectivity index (χ2v) is 3.06. The Labute approximate surface area is 92.5 Å². The number of para-hydroxylation sites is 1. The van der Waals surface area contributed by atoms with Crippen LogP contribution in [0.2, 0.25) is 0 Å². The van der Waals surface area contributed by atoms with E-state index in [1.54, 1.807) is 24.3 Å². The fraction of sp³-hybridized carbons (Fsp3) is 0. The molecule has 0 heterocycles. The molecule has 2 aromatic carbocycles. The van der Waals surface area contributed by atoms with Crippen LogP contribution in [0.25, 0.3) is 0 Å². The lowest BCUT2D eigenvalue weighted by Crippen LogP contribution is -1.91. The summed E-state index contributed by atoms with van der Waals surface area (Å²) in [7, 11) is 0. The van der Waals surface area contributed by atoms with Crippen LogP contribution in [-0.4, -0.2) is 0 Å². The molecule has 2 rings (SSSR count). The Bertz CT molecular complexity index is 531. The smallest absolute Gasteiger partial charge is 0.181 e. The average molecular weight is 212 g/mol. The Kier molecular flexibility index (Phi) is 2.84. The van der Waals surface area contributed by atoms with Crippen molar-refractivity contribution >= 4 is 0 Å². The highest BCUT2D eigenvalue weighted by Gasteiger charge is 2.10. The highest BCUT2D eigenvalue weighted by atomic mass is 19.1. The van der Waals surface area contributed by atoms with Gasteiger partial charge in [0, 0.05) is 6.07 Å². The van der Waals surface area contributed by atoms with Gasteiger partial charge in [-0.3, -0.25) is 0 Å². The van der Waals surface area contributed by atoms with Gasteiger partial charge >= 0.3 is 0 Å². The Balaban J connectivity index is 2.39. The summed E-state index contributed by atoms with van der Waals surface area (Å²) < 4.78 is 18.7. The zero-order valence-corrected chi connectivity index (χ0v) is 8.27. The van der Waals surface area contributed by atoms with E-state index in [0.29, 0.717) is 5.75 Å². The standard InChI is InChI=1S/C13H7FNO/c14-12-8-4-5-10(9-15)13(12)16-11-6-2-1-3-7-11/h1-4,6-8H. The van der Waals surface area contributed by atoms with E-state index in [2.05, 4.69) is 6.07 Å². The molecule has 0 saturated heterocycles. The molecular formula is C13H7FNO. The lowest BCUT2D eigenvalue weighted by atomic mass is 10.2. The van der Waals surface area contributed by atoms with Crippen molar-refractivity contribution in [2.45, 2.75) is 0 Å². The molecule has 77 valence electrons. The number of hydrogen-bond donors (Lipinski definition) is 0. The molecule has 16 heavy (non-hydrogen) atoms. The predicted octanol–water partition coefficient (Wildman–Crippen LogP) is 3.29. The zero-order valence-electron chi connectivity index (χ0n) is 8.27. The van der Waals surface area contributed by atoms with Crippen molar-refractivity contribution in [1.82, 2.24) is 0 Å². The number of benzene rings is 2. The molecule has 0 spiro atoms. The third-order valence-electron chi connectivity index (χ3n) is 1.98. The molecule has 0 N–H and O–H groups in total. The van der Waals surface area contributed by atoms with Crippen LogP contribution in [0.5, 0.6) is 11.5 Å². The Morgan fingerprint density at radius 3 is 2.62 bits per heavy atom. The van der Waals surface area contributed by atoms with Gasteiger partial charge in [-0.2, -0.15) is 5.26 Å². The van der Waals surface area contributed by atoms with Gasteiger partial charge in [0.2, 0.25) is 0 Å². The summed E-state index contributed by atoms with van der Waals surface area (Å²) in [5, 5.41) is 8.79. The summed E-state index contributed by atoms with van der Waals surface area (Å²) in [4.78, 5) is 0. The summed E-state index contributed by atoms with van der Waals surface area (Å²) in [5.74, 6) is -0.173. The molecule has 0 fully saturated rings. The summed E-state index contributed by atoms with van der Waals surface area (Å²) in [6, 6.07) is 15.8. The predicted molar refractivity (Wildman–Crippen MR) is 56.5 cm³/mol. The van der Waals surface area contributed by atoms with E-state index in [1.165, 1.54) is 12.1 Å². The highest BCUT2D eigenvalue weighted by molar-refractivity contribution is 5.45. The van der Waals surface area contributed by atoms with Gasteiger partial charge in [-0.1, -0.05) is 18.2 Å². The molecule has 0 aliphatic rings. The van der Waals surface area contributed by atoms with E-state index in [0.717, 1.165) is 0 Å². The minimum Gasteiger partial charge on any atom is -0.453 e. The highest BCUT2D eigenvalue weighted by Crippen LogP contribution is 2.27. The van der Waals surface area contributed by atoms with Crippen LogP contribution in [0.4, 0.5) is 4.39 Å². The van der Waals surface area contributed by atoms with Crippen LogP contribution in [0.1, 0.15) is 5.56 Å². The van der Waals surface area contributed by atoms with Crippen molar-refractivity contribution in [3.8, 4) is 17.6 Å². The second kappa shape index (κ2) is 4.45. The van der Waals surface area contributed by atoms with Gasteiger partial charge in [0.1, 0.15) is 17.4 Å². The van der Waals surface area contributed by atoms with Gasteiger partial charge in [-0.05, 0) is 24.3 Å². The van der Waals surface area contributed by atoms with Gasteiger partial charge in [0.15, 0.2) is 11.6 Å². The third-order valence-corrected chi connectivity index (χ3v) is 1.98. The molecule has 2 nitrogen and oxygen atoms in total.